The van der Waals surface area contributed by atoms with Crippen molar-refractivity contribution < 1.29 is 24.2 Å². The number of fused-ring (bicyclic) bond motifs is 3. The molecule has 1 aliphatic heterocycles. The normalized spacial score (nSPS) is 14.8. The van der Waals surface area contributed by atoms with E-state index in [-0.39, 0.29) is 18.0 Å². The van der Waals surface area contributed by atoms with E-state index in [1.165, 1.54) is 17.7 Å². The van der Waals surface area contributed by atoms with Gasteiger partial charge in [-0.1, -0.05) is 12.1 Å². The highest BCUT2D eigenvalue weighted by atomic mass is 16.5. The molecule has 0 spiro atoms. The number of hydrogen-bond acceptors (Lipinski definition) is 4. The molecule has 1 aliphatic rings. The smallest absolute Gasteiger partial charge is 0.337 e. The van der Waals surface area contributed by atoms with Crippen LogP contribution in [0, 0.1) is 0 Å². The second kappa shape index (κ2) is 6.58. The number of esters is 1. The fraction of sp³-hybridized carbons (Fsp3) is 0.389. The van der Waals surface area contributed by atoms with E-state index in [1.54, 1.807) is 18.0 Å². The number of ether oxygens (including phenoxy) is 1. The first-order valence-corrected chi connectivity index (χ1v) is 8.15. The minimum Gasteiger partial charge on any atom is -0.478 e. The minimum atomic E-state index is -1.09. The number of benzene rings is 1. The van der Waals surface area contributed by atoms with Gasteiger partial charge < -0.3 is 19.3 Å². The van der Waals surface area contributed by atoms with Gasteiger partial charge in [-0.05, 0) is 30.9 Å². The summed E-state index contributed by atoms with van der Waals surface area (Å²) in [6.07, 6.45) is 2.44. The lowest BCUT2D eigenvalue weighted by Gasteiger charge is -2.22. The fourth-order valence-electron chi connectivity index (χ4n) is 3.44. The van der Waals surface area contributed by atoms with Crippen molar-refractivity contribution in [3.05, 3.63) is 35.0 Å². The molecule has 2 heterocycles. The zero-order chi connectivity index (χ0) is 18.1. The van der Waals surface area contributed by atoms with Gasteiger partial charge in [0.25, 0.3) is 5.91 Å². The first-order valence-electron chi connectivity index (χ1n) is 8.15. The molecule has 0 bridgehead atoms. The van der Waals surface area contributed by atoms with Crippen LogP contribution in [0.5, 0.6) is 0 Å². The third-order valence-corrected chi connectivity index (χ3v) is 4.65. The molecule has 1 N–H and O–H groups in total. The fourth-order valence-corrected chi connectivity index (χ4v) is 3.44. The summed E-state index contributed by atoms with van der Waals surface area (Å²) in [6.45, 7) is 0.427. The van der Waals surface area contributed by atoms with Crippen LogP contribution in [0.3, 0.4) is 0 Å². The van der Waals surface area contributed by atoms with Gasteiger partial charge in [-0.25, -0.2) is 4.79 Å². The highest BCUT2D eigenvalue weighted by Crippen LogP contribution is 2.32. The Balaban J connectivity index is 2.37. The Morgan fingerprint density at radius 1 is 1.28 bits per heavy atom. The summed E-state index contributed by atoms with van der Waals surface area (Å²) < 4.78 is 6.25. The van der Waals surface area contributed by atoms with E-state index in [9.17, 15) is 19.5 Å². The van der Waals surface area contributed by atoms with Crippen LogP contribution in [0.25, 0.3) is 10.9 Å². The average molecular weight is 344 g/mol. The number of rotatable bonds is 3. The number of aromatic carboxylic acids is 1. The largest absolute Gasteiger partial charge is 0.478 e. The summed E-state index contributed by atoms with van der Waals surface area (Å²) in [7, 11) is 2.99. The molecular weight excluding hydrogens is 324 g/mol. The number of aromatic nitrogens is 1. The molecule has 7 nitrogen and oxygen atoms in total. The van der Waals surface area contributed by atoms with Gasteiger partial charge in [-0.2, -0.15) is 0 Å². The number of methoxy groups -OCH3 is 1. The van der Waals surface area contributed by atoms with Crippen LogP contribution in [0.1, 0.15) is 39.3 Å². The van der Waals surface area contributed by atoms with Crippen molar-refractivity contribution in [2.75, 3.05) is 20.7 Å². The predicted octanol–water partition coefficient (Wildman–Crippen LogP) is 1.92. The Bertz CT molecular complexity index is 868. The number of carboxylic acids is 1. The molecule has 0 saturated carbocycles. The molecule has 25 heavy (non-hydrogen) atoms. The number of para-hydroxylation sites is 1. The van der Waals surface area contributed by atoms with E-state index in [0.717, 1.165) is 18.4 Å². The molecule has 0 radical (unpaired) electrons. The first-order chi connectivity index (χ1) is 12.0. The van der Waals surface area contributed by atoms with Crippen LogP contribution < -0.4 is 0 Å². The zero-order valence-electron chi connectivity index (χ0n) is 14.2. The standard InChI is InChI=1S/C18H20N2O5/c1-19-9-4-3-6-12-11-7-5-8-13(18(23)24)15(11)20(10-14(21)25-2)16(12)17(19)22/h5,7-8H,3-4,6,9-10H2,1-2H3,(H,23,24). The topological polar surface area (TPSA) is 88.8 Å². The molecular formula is C18H20N2O5. The average Bonchev–Trinajstić information content (AvgIpc) is 2.89. The molecule has 0 aliphatic carbocycles. The molecule has 0 unspecified atom stereocenters. The van der Waals surface area contributed by atoms with E-state index in [4.69, 9.17) is 4.74 Å². The molecule has 0 atom stereocenters. The second-order valence-electron chi connectivity index (χ2n) is 6.18. The van der Waals surface area contributed by atoms with Crippen molar-refractivity contribution in [1.29, 1.82) is 0 Å². The summed E-state index contributed by atoms with van der Waals surface area (Å²) in [5, 5.41) is 10.3. The maximum absolute atomic E-state index is 12.9. The van der Waals surface area contributed by atoms with E-state index < -0.39 is 11.9 Å². The number of carboxylic acid groups (broad SMARTS) is 1. The number of carbonyl (C=O) groups excluding carboxylic acids is 2. The lowest BCUT2D eigenvalue weighted by molar-refractivity contribution is -0.141. The molecule has 7 heteroatoms. The SMILES string of the molecule is COC(=O)Cn1c2c(c3cccc(C(=O)O)c31)CCCCN(C)C2=O. The van der Waals surface area contributed by atoms with Crippen LogP contribution in [-0.2, 0) is 22.5 Å². The van der Waals surface area contributed by atoms with Crippen molar-refractivity contribution in [1.82, 2.24) is 9.47 Å². The Kier molecular flexibility index (Phi) is 4.48. The van der Waals surface area contributed by atoms with Crippen molar-refractivity contribution in [3.8, 4) is 0 Å². The minimum absolute atomic E-state index is 0.0728. The summed E-state index contributed by atoms with van der Waals surface area (Å²) in [6, 6.07) is 4.96. The predicted molar refractivity (Wildman–Crippen MR) is 90.8 cm³/mol. The molecule has 0 fully saturated rings. The van der Waals surface area contributed by atoms with E-state index in [0.29, 0.717) is 29.6 Å². The van der Waals surface area contributed by atoms with Crippen LogP contribution in [0.15, 0.2) is 18.2 Å². The van der Waals surface area contributed by atoms with Gasteiger partial charge >= 0.3 is 11.9 Å². The molecule has 1 aromatic heterocycles. The van der Waals surface area contributed by atoms with Crippen molar-refractivity contribution in [2.24, 2.45) is 0 Å². The van der Waals surface area contributed by atoms with Crippen LogP contribution >= 0.6 is 0 Å². The maximum atomic E-state index is 12.9. The van der Waals surface area contributed by atoms with Crippen molar-refractivity contribution >= 4 is 28.7 Å². The van der Waals surface area contributed by atoms with Gasteiger partial charge in [0.2, 0.25) is 0 Å². The maximum Gasteiger partial charge on any atom is 0.337 e. The number of hydrogen-bond donors (Lipinski definition) is 1. The Morgan fingerprint density at radius 3 is 2.72 bits per heavy atom. The number of nitrogens with zero attached hydrogens (tertiary/aromatic N) is 2. The number of carbonyl (C=O) groups is 3. The van der Waals surface area contributed by atoms with Gasteiger partial charge in [0.15, 0.2) is 0 Å². The third-order valence-electron chi connectivity index (χ3n) is 4.65. The molecule has 1 aromatic carbocycles. The monoisotopic (exact) mass is 344 g/mol. The zero-order valence-corrected chi connectivity index (χ0v) is 14.2. The molecule has 1 amide bonds. The highest BCUT2D eigenvalue weighted by molar-refractivity contribution is 6.09. The second-order valence-corrected chi connectivity index (χ2v) is 6.18. The lowest BCUT2D eigenvalue weighted by Crippen LogP contribution is -2.32. The molecule has 0 saturated heterocycles. The highest BCUT2D eigenvalue weighted by Gasteiger charge is 2.29. The summed E-state index contributed by atoms with van der Waals surface area (Å²) in [5.41, 5.74) is 1.66. The van der Waals surface area contributed by atoms with Gasteiger partial charge in [0, 0.05) is 19.0 Å². The molecule has 3 rings (SSSR count). The third kappa shape index (κ3) is 2.86. The van der Waals surface area contributed by atoms with E-state index in [2.05, 4.69) is 0 Å². The Labute approximate surface area is 144 Å². The quantitative estimate of drug-likeness (QED) is 0.860. The summed E-state index contributed by atoms with van der Waals surface area (Å²) in [4.78, 5) is 38.2. The van der Waals surface area contributed by atoms with Crippen LogP contribution in [-0.4, -0.2) is 53.1 Å². The molecule has 132 valence electrons. The first kappa shape index (κ1) is 17.0. The summed E-state index contributed by atoms with van der Waals surface area (Å²) >= 11 is 0. The van der Waals surface area contributed by atoms with Gasteiger partial charge in [-0.15, -0.1) is 0 Å². The van der Waals surface area contributed by atoms with Crippen LogP contribution in [0.2, 0.25) is 0 Å². The summed E-state index contributed by atoms with van der Waals surface area (Å²) in [5.74, 6) is -1.83. The van der Waals surface area contributed by atoms with E-state index in [1.807, 2.05) is 6.07 Å². The van der Waals surface area contributed by atoms with Crippen molar-refractivity contribution in [3.63, 3.8) is 0 Å². The Hall–Kier alpha value is -2.83. The lowest BCUT2D eigenvalue weighted by atomic mass is 10.0. The van der Waals surface area contributed by atoms with Gasteiger partial charge in [-0.3, -0.25) is 9.59 Å². The van der Waals surface area contributed by atoms with Gasteiger partial charge in [0.1, 0.15) is 12.2 Å². The molecule has 2 aromatic rings. The number of aryl methyl sites for hydroxylation is 1. The van der Waals surface area contributed by atoms with Gasteiger partial charge in [0.05, 0.1) is 18.2 Å². The number of amides is 1. The van der Waals surface area contributed by atoms with E-state index >= 15 is 0 Å². The van der Waals surface area contributed by atoms with Crippen molar-refractivity contribution in [2.45, 2.75) is 25.8 Å². The van der Waals surface area contributed by atoms with Crippen LogP contribution in [0.4, 0.5) is 0 Å². The Morgan fingerprint density at radius 2 is 2.04 bits per heavy atom.